The van der Waals surface area contributed by atoms with Crippen molar-refractivity contribution < 1.29 is 0 Å². The number of rotatable bonds is 11. The number of aromatic nitrogens is 1. The Kier molecular flexibility index (Phi) is 8.39. The van der Waals surface area contributed by atoms with Gasteiger partial charge in [0.1, 0.15) is 0 Å². The van der Waals surface area contributed by atoms with E-state index in [0.29, 0.717) is 0 Å². The molecule has 0 aliphatic rings. The minimum Gasteiger partial charge on any atom is -0.313 e. The fourth-order valence-electron chi connectivity index (χ4n) is 3.53. The van der Waals surface area contributed by atoms with Crippen molar-refractivity contribution in [3.63, 3.8) is 0 Å². The first-order chi connectivity index (χ1) is 14.3. The van der Waals surface area contributed by atoms with Gasteiger partial charge in [-0.25, -0.2) is 0 Å². The standard InChI is InChI=1S/C26H33N3/c1-3-5-10-26-25-18-23(11-12-24(25)13-16-29-26)20-28-15-7-14-27-19-22-9-6-8-21(4-2)17-22/h6,8-9,11-13,16-18,20,27H,3-5,7,10,14-15,19H2,1-2H3. The number of benzene rings is 2. The van der Waals surface area contributed by atoms with Gasteiger partial charge in [0.2, 0.25) is 0 Å². The van der Waals surface area contributed by atoms with Gasteiger partial charge in [-0.3, -0.25) is 9.98 Å². The van der Waals surface area contributed by atoms with Crippen LogP contribution in [0, 0.1) is 0 Å². The Hall–Kier alpha value is -2.52. The maximum atomic E-state index is 4.63. The molecule has 0 aliphatic heterocycles. The summed E-state index contributed by atoms with van der Waals surface area (Å²) in [7, 11) is 0. The zero-order valence-electron chi connectivity index (χ0n) is 17.8. The van der Waals surface area contributed by atoms with Gasteiger partial charge in [0.05, 0.1) is 0 Å². The Morgan fingerprint density at radius 3 is 2.76 bits per heavy atom. The van der Waals surface area contributed by atoms with Gasteiger partial charge in [-0.1, -0.05) is 56.7 Å². The van der Waals surface area contributed by atoms with Gasteiger partial charge in [-0.05, 0) is 66.4 Å². The van der Waals surface area contributed by atoms with Crippen LogP contribution in [0.5, 0.6) is 0 Å². The molecule has 1 heterocycles. The molecule has 0 atom stereocenters. The van der Waals surface area contributed by atoms with E-state index in [1.54, 1.807) is 0 Å². The summed E-state index contributed by atoms with van der Waals surface area (Å²) in [6, 6.07) is 17.5. The lowest BCUT2D eigenvalue weighted by Gasteiger charge is -2.06. The number of pyridine rings is 1. The third kappa shape index (κ3) is 6.50. The monoisotopic (exact) mass is 387 g/mol. The van der Waals surface area contributed by atoms with Gasteiger partial charge >= 0.3 is 0 Å². The van der Waals surface area contributed by atoms with E-state index in [0.717, 1.165) is 44.5 Å². The normalized spacial score (nSPS) is 11.5. The van der Waals surface area contributed by atoms with Crippen LogP contribution in [0.15, 0.2) is 59.7 Å². The zero-order valence-corrected chi connectivity index (χ0v) is 17.8. The molecule has 3 rings (SSSR count). The van der Waals surface area contributed by atoms with Crippen molar-refractivity contribution in [3.8, 4) is 0 Å². The molecule has 0 amide bonds. The van der Waals surface area contributed by atoms with Crippen molar-refractivity contribution in [2.75, 3.05) is 13.1 Å². The smallest absolute Gasteiger partial charge is 0.0482 e. The number of unbranched alkanes of at least 4 members (excludes halogenated alkanes) is 1. The predicted molar refractivity (Wildman–Crippen MR) is 125 cm³/mol. The lowest BCUT2D eigenvalue weighted by Crippen LogP contribution is -2.15. The number of fused-ring (bicyclic) bond motifs is 1. The topological polar surface area (TPSA) is 37.3 Å². The molecule has 1 N–H and O–H groups in total. The summed E-state index contributed by atoms with van der Waals surface area (Å²) in [4.78, 5) is 9.23. The molecule has 0 fully saturated rings. The van der Waals surface area contributed by atoms with E-state index in [1.165, 1.54) is 40.4 Å². The molecule has 1 aromatic heterocycles. The molecule has 0 saturated heterocycles. The molecule has 3 nitrogen and oxygen atoms in total. The highest BCUT2D eigenvalue weighted by Gasteiger charge is 2.03. The van der Waals surface area contributed by atoms with Gasteiger partial charge in [-0.2, -0.15) is 0 Å². The summed E-state index contributed by atoms with van der Waals surface area (Å²) in [5.74, 6) is 0. The molecular formula is C26H33N3. The first kappa shape index (κ1) is 21.2. The van der Waals surface area contributed by atoms with Crippen LogP contribution in [-0.4, -0.2) is 24.3 Å². The van der Waals surface area contributed by atoms with Crippen LogP contribution in [0.4, 0.5) is 0 Å². The predicted octanol–water partition coefficient (Wildman–Crippen LogP) is 5.74. The number of nitrogens with one attached hydrogen (secondary N) is 1. The first-order valence-corrected chi connectivity index (χ1v) is 11.0. The summed E-state index contributed by atoms with van der Waals surface area (Å²) < 4.78 is 0. The first-order valence-electron chi connectivity index (χ1n) is 11.0. The third-order valence-electron chi connectivity index (χ3n) is 5.25. The summed E-state index contributed by atoms with van der Waals surface area (Å²) >= 11 is 0. The average Bonchev–Trinajstić information content (AvgIpc) is 2.77. The second-order valence-corrected chi connectivity index (χ2v) is 7.58. The Labute approximate surface area is 175 Å². The summed E-state index contributed by atoms with van der Waals surface area (Å²) in [5.41, 5.74) is 5.12. The fraction of sp³-hybridized carbons (Fsp3) is 0.385. The van der Waals surface area contributed by atoms with E-state index in [2.05, 4.69) is 77.7 Å². The molecule has 0 spiro atoms. The van der Waals surface area contributed by atoms with Crippen molar-refractivity contribution in [1.29, 1.82) is 0 Å². The van der Waals surface area contributed by atoms with Gasteiger partial charge in [0, 0.05) is 36.6 Å². The molecular weight excluding hydrogens is 354 g/mol. The van der Waals surface area contributed by atoms with Crippen molar-refractivity contribution >= 4 is 17.0 Å². The second-order valence-electron chi connectivity index (χ2n) is 7.58. The third-order valence-corrected chi connectivity index (χ3v) is 5.25. The Morgan fingerprint density at radius 2 is 1.90 bits per heavy atom. The van der Waals surface area contributed by atoms with Gasteiger partial charge in [0.25, 0.3) is 0 Å². The molecule has 2 aromatic carbocycles. The van der Waals surface area contributed by atoms with E-state index in [-0.39, 0.29) is 0 Å². The molecule has 0 radical (unpaired) electrons. The number of hydrogen-bond acceptors (Lipinski definition) is 3. The van der Waals surface area contributed by atoms with E-state index >= 15 is 0 Å². The molecule has 3 heteroatoms. The van der Waals surface area contributed by atoms with Gasteiger partial charge in [-0.15, -0.1) is 0 Å². The van der Waals surface area contributed by atoms with Crippen LogP contribution in [0.25, 0.3) is 10.8 Å². The highest BCUT2D eigenvalue weighted by molar-refractivity contribution is 5.91. The number of aryl methyl sites for hydroxylation is 2. The number of nitrogens with zero attached hydrogens (tertiary/aromatic N) is 2. The lowest BCUT2D eigenvalue weighted by molar-refractivity contribution is 0.656. The Morgan fingerprint density at radius 1 is 1.00 bits per heavy atom. The minimum atomic E-state index is 0.843. The molecule has 152 valence electrons. The molecule has 0 bridgehead atoms. The molecule has 3 aromatic rings. The van der Waals surface area contributed by atoms with Crippen LogP contribution in [0.2, 0.25) is 0 Å². The maximum absolute atomic E-state index is 4.63. The van der Waals surface area contributed by atoms with Crippen molar-refractivity contribution in [2.45, 2.75) is 52.5 Å². The van der Waals surface area contributed by atoms with Crippen LogP contribution >= 0.6 is 0 Å². The Bertz CT molecular complexity index is 930. The average molecular weight is 388 g/mol. The molecule has 0 saturated carbocycles. The van der Waals surface area contributed by atoms with E-state index in [9.17, 15) is 0 Å². The van der Waals surface area contributed by atoms with E-state index in [1.807, 2.05) is 12.4 Å². The Balaban J connectivity index is 1.46. The van der Waals surface area contributed by atoms with E-state index in [4.69, 9.17) is 0 Å². The largest absolute Gasteiger partial charge is 0.313 e. The van der Waals surface area contributed by atoms with Crippen LogP contribution in [0.3, 0.4) is 0 Å². The van der Waals surface area contributed by atoms with Crippen LogP contribution in [0.1, 0.15) is 55.5 Å². The maximum Gasteiger partial charge on any atom is 0.0482 e. The van der Waals surface area contributed by atoms with Crippen molar-refractivity contribution in [2.24, 2.45) is 4.99 Å². The van der Waals surface area contributed by atoms with Gasteiger partial charge < -0.3 is 5.32 Å². The van der Waals surface area contributed by atoms with Crippen LogP contribution in [-0.2, 0) is 19.4 Å². The summed E-state index contributed by atoms with van der Waals surface area (Å²) in [6.45, 7) is 7.17. The molecule has 0 unspecified atom stereocenters. The highest BCUT2D eigenvalue weighted by Crippen LogP contribution is 2.19. The zero-order chi connectivity index (χ0) is 20.3. The van der Waals surface area contributed by atoms with E-state index < -0.39 is 0 Å². The van der Waals surface area contributed by atoms with Crippen LogP contribution < -0.4 is 5.32 Å². The summed E-state index contributed by atoms with van der Waals surface area (Å²) in [5, 5.41) is 6.05. The SMILES string of the molecule is CCCCc1nccc2ccc(C=NCCCNCc3cccc(CC)c3)cc12. The van der Waals surface area contributed by atoms with Crippen molar-refractivity contribution in [1.82, 2.24) is 10.3 Å². The summed E-state index contributed by atoms with van der Waals surface area (Å²) in [6.07, 6.45) is 9.47. The quantitative estimate of drug-likeness (QED) is 0.336. The number of hydrogen-bond donors (Lipinski definition) is 1. The lowest BCUT2D eigenvalue weighted by atomic mass is 10.0. The minimum absolute atomic E-state index is 0.843. The second kappa shape index (κ2) is 11.5. The molecule has 0 aliphatic carbocycles. The van der Waals surface area contributed by atoms with Gasteiger partial charge in [0.15, 0.2) is 0 Å². The fourth-order valence-corrected chi connectivity index (χ4v) is 3.53. The highest BCUT2D eigenvalue weighted by atomic mass is 14.9. The number of aliphatic imine (C=N–C) groups is 1. The molecule has 29 heavy (non-hydrogen) atoms. The van der Waals surface area contributed by atoms with Crippen molar-refractivity contribution in [3.05, 3.63) is 77.1 Å².